The van der Waals surface area contributed by atoms with Gasteiger partial charge >= 0.3 is 6.09 Å². The van der Waals surface area contributed by atoms with Gasteiger partial charge in [0.1, 0.15) is 23.4 Å². The number of hydrogen-bond donors (Lipinski definition) is 4. The number of nitrogens with one attached hydrogen (secondary N) is 2. The zero-order valence-electron chi connectivity index (χ0n) is 30.2. The molecule has 14 heteroatoms. The summed E-state index contributed by atoms with van der Waals surface area (Å²) in [6.45, 7) is 12.6. The number of hydrogen-bond acceptors (Lipinski definition) is 11. The molecule has 0 aliphatic carbocycles. The van der Waals surface area contributed by atoms with Crippen molar-refractivity contribution in [1.82, 2.24) is 20.4 Å². The number of fused-ring (bicyclic) bond motifs is 9. The zero-order chi connectivity index (χ0) is 35.7. The molecule has 2 bridgehead atoms. The second kappa shape index (κ2) is 14.2. The van der Waals surface area contributed by atoms with Crippen LogP contribution in [0.25, 0.3) is 0 Å². The van der Waals surface area contributed by atoms with Crippen molar-refractivity contribution in [2.75, 3.05) is 27.5 Å². The van der Waals surface area contributed by atoms with Gasteiger partial charge in [0, 0.05) is 84.9 Å². The van der Waals surface area contributed by atoms with E-state index in [9.17, 15) is 25.1 Å². The van der Waals surface area contributed by atoms with Gasteiger partial charge in [-0.15, -0.1) is 0 Å². The normalized spacial score (nSPS) is 24.1. The number of methoxy groups -OCH3 is 1. The third kappa shape index (κ3) is 6.37. The molecule has 0 saturated carbocycles. The summed E-state index contributed by atoms with van der Waals surface area (Å²) in [6.07, 6.45) is 0.154. The summed E-state index contributed by atoms with van der Waals surface area (Å²) >= 11 is 0. The van der Waals surface area contributed by atoms with E-state index in [2.05, 4.69) is 26.5 Å². The first-order valence-electron chi connectivity index (χ1n) is 16.8. The van der Waals surface area contributed by atoms with Gasteiger partial charge < -0.3 is 39.8 Å². The molecular weight excluding hydrogens is 857 g/mol. The molecule has 1 radical (unpaired) electrons. The Morgan fingerprint density at radius 3 is 2.40 bits per heavy atom. The van der Waals surface area contributed by atoms with E-state index in [0.29, 0.717) is 46.8 Å². The van der Waals surface area contributed by atoms with Gasteiger partial charge in [-0.3, -0.25) is 14.6 Å². The maximum atomic E-state index is 13.8. The summed E-state index contributed by atoms with van der Waals surface area (Å²) in [4.78, 5) is 30.8. The van der Waals surface area contributed by atoms with E-state index in [1.165, 1.54) is 7.11 Å². The van der Waals surface area contributed by atoms with Gasteiger partial charge in [0.25, 0.3) is 0 Å². The van der Waals surface area contributed by atoms with Crippen LogP contribution in [0.1, 0.15) is 80.1 Å². The average Bonchev–Trinajstić information content (AvgIpc) is 3.51. The maximum absolute atomic E-state index is 13.8. The minimum absolute atomic E-state index is 0. The fraction of sp³-hybridized carbons (Fsp3) is 0.583. The Hall–Kier alpha value is -2.97. The van der Waals surface area contributed by atoms with Gasteiger partial charge in [0.05, 0.1) is 25.3 Å². The second-order valence-corrected chi connectivity index (χ2v) is 14.9. The molecule has 4 N–H and O–H groups in total. The van der Waals surface area contributed by atoms with Crippen LogP contribution >= 0.6 is 0 Å². The second-order valence-electron chi connectivity index (χ2n) is 14.9. The van der Waals surface area contributed by atoms with Crippen LogP contribution in [0.4, 0.5) is 4.79 Å². The molecule has 0 aromatic heterocycles. The number of phenolic OH excluding ortho intramolecular Hbond substituents is 2. The molecule has 4 aliphatic rings. The smallest absolute Gasteiger partial charge is 0.408 e. The van der Waals surface area contributed by atoms with Crippen LogP contribution in [0.3, 0.4) is 0 Å². The molecule has 4 heterocycles. The summed E-state index contributed by atoms with van der Waals surface area (Å²) in [5, 5.41) is 39.9. The Morgan fingerprint density at radius 2 is 1.78 bits per heavy atom. The Bertz CT molecular complexity index is 1740. The van der Waals surface area contributed by atoms with Crippen molar-refractivity contribution in [3.8, 4) is 34.8 Å². The van der Waals surface area contributed by atoms with Crippen LogP contribution in [0.2, 0.25) is 0 Å². The molecule has 2 aromatic rings. The van der Waals surface area contributed by atoms with Crippen molar-refractivity contribution >= 4 is 12.0 Å². The molecule has 2 amide bonds. The molecule has 1 unspecified atom stereocenters. The zero-order valence-corrected chi connectivity index (χ0v) is 35.0. The van der Waals surface area contributed by atoms with Crippen molar-refractivity contribution in [1.29, 1.82) is 5.26 Å². The van der Waals surface area contributed by atoms with Crippen LogP contribution < -0.4 is 24.8 Å². The number of aryl methyl sites for hydroxylation is 1. The molecule has 6 atom stereocenters. The Balaban J connectivity index is 0.00000486. The van der Waals surface area contributed by atoms with Crippen LogP contribution in [-0.2, 0) is 22.4 Å². The van der Waals surface area contributed by atoms with Gasteiger partial charge in [0.2, 0.25) is 12.7 Å². The first-order valence-corrected chi connectivity index (χ1v) is 16.8. The molecule has 6 rings (SSSR count). The number of ether oxygens (including phenoxy) is 4. The molecule has 4 aliphatic heterocycles. The minimum Gasteiger partial charge on any atom is -0.507 e. The van der Waals surface area contributed by atoms with Crippen LogP contribution in [0.5, 0.6) is 28.7 Å². The van der Waals surface area contributed by atoms with Gasteiger partial charge in [-0.2, -0.15) is 5.26 Å². The predicted molar refractivity (Wildman–Crippen MR) is 179 cm³/mol. The Morgan fingerprint density at radius 1 is 1.10 bits per heavy atom. The number of carbonyl (C=O) groups is 2. The largest absolute Gasteiger partial charge is 0.507 e. The predicted octanol–water partition coefficient (Wildman–Crippen LogP) is 3.89. The average molecular weight is 905 g/mol. The molecule has 1 saturated heterocycles. The molecule has 2 aromatic carbocycles. The van der Waals surface area contributed by atoms with E-state index in [0.717, 1.165) is 16.7 Å². The number of aromatic hydroxyl groups is 2. The number of amides is 2. The summed E-state index contributed by atoms with van der Waals surface area (Å²) in [6, 6.07) is 1.44. The number of rotatable bonds is 6. The number of carbonyl (C=O) groups excluding carboxylic acids is 2. The van der Waals surface area contributed by atoms with Gasteiger partial charge in [-0.05, 0) is 71.6 Å². The third-order valence-electron chi connectivity index (χ3n) is 10.4. The van der Waals surface area contributed by atoms with Crippen molar-refractivity contribution in [3.05, 3.63) is 39.4 Å². The molecule has 13 nitrogen and oxygen atoms in total. The minimum atomic E-state index is -0.899. The van der Waals surface area contributed by atoms with Gasteiger partial charge in [-0.25, -0.2) is 4.79 Å². The number of alkyl carbamates (subject to hydrolysis) is 1. The molecule has 0 spiro atoms. The van der Waals surface area contributed by atoms with Gasteiger partial charge in [-0.1, -0.05) is 19.9 Å². The van der Waals surface area contributed by atoms with E-state index in [4.69, 9.17) is 18.9 Å². The van der Waals surface area contributed by atoms with Crippen molar-refractivity contribution in [2.24, 2.45) is 5.92 Å². The number of nitrogens with zero attached hydrogens (tertiary/aromatic N) is 3. The molecule has 50 heavy (non-hydrogen) atoms. The maximum Gasteiger partial charge on any atom is 0.408 e. The van der Waals surface area contributed by atoms with Crippen molar-refractivity contribution in [2.45, 2.75) is 103 Å². The third-order valence-corrected chi connectivity index (χ3v) is 10.4. The first-order chi connectivity index (χ1) is 23.1. The number of piperazine rings is 1. The Kier molecular flexibility index (Phi) is 10.9. The Labute approximate surface area is 329 Å². The van der Waals surface area contributed by atoms with Gasteiger partial charge in [0.15, 0.2) is 23.0 Å². The SMILES string of the molecule is COc1c(C)cc2c(c1O)[C@@H]1C3Cc4c(O)c(C)c5c(c4[C@H](CNC(=O)[C@@H](NC(=O)OC(C)(C)C)C(C)C)N3[C@@H](C#N)[C@H](C2)N1C)OCO5.[Ac]. The van der Waals surface area contributed by atoms with E-state index < -0.39 is 41.8 Å². The van der Waals surface area contributed by atoms with E-state index in [1.807, 2.05) is 33.9 Å². The number of benzene rings is 2. The van der Waals surface area contributed by atoms with Crippen molar-refractivity contribution < 1.29 is 82.8 Å². The molecule has 267 valence electrons. The molecule has 1 fully saturated rings. The summed E-state index contributed by atoms with van der Waals surface area (Å²) < 4.78 is 22.9. The standard InChI is InChI=1S/C36H47N5O8.Ac/c1-16(2)27(39-35(45)49-36(5,6)7)34(44)38-14-24-26-20(29(42)18(4)32-33(26)48-15-47-32)12-22-28-25-19(10-17(3)31(46-9)30(25)43)11-21(40(28)8)23(13-37)41(22)24;/h10,16,21-24,27-28,42-43H,11-12,14-15H2,1-9H3,(H,38,44)(H,39,45);/t21-,22?,23-,24-,27-,28-;/m0./s1. The van der Waals surface area contributed by atoms with E-state index in [1.54, 1.807) is 27.7 Å². The quantitative estimate of drug-likeness (QED) is 0.333. The first kappa shape index (κ1) is 38.3. The molecular formula is C36H47AcN5O8. The fourth-order valence-electron chi connectivity index (χ4n) is 8.32. The van der Waals surface area contributed by atoms with E-state index in [-0.39, 0.29) is 86.9 Å². The number of likely N-dealkylation sites (N-methyl/N-ethyl adjacent to an activating group) is 1. The van der Waals surface area contributed by atoms with Crippen LogP contribution in [0.15, 0.2) is 6.07 Å². The van der Waals surface area contributed by atoms with E-state index >= 15 is 0 Å². The van der Waals surface area contributed by atoms with Crippen molar-refractivity contribution in [3.63, 3.8) is 0 Å². The van der Waals surface area contributed by atoms with Crippen LogP contribution in [-0.4, -0.2) is 89.3 Å². The summed E-state index contributed by atoms with van der Waals surface area (Å²) in [5.74, 6) is 0.777. The summed E-state index contributed by atoms with van der Waals surface area (Å²) in [5.41, 5.74) is 3.60. The fourth-order valence-corrected chi connectivity index (χ4v) is 8.32. The number of phenols is 2. The van der Waals surface area contributed by atoms with Crippen LogP contribution in [0, 0.1) is 75.2 Å². The monoisotopic (exact) mass is 904 g/mol. The topological polar surface area (TPSA) is 166 Å². The summed E-state index contributed by atoms with van der Waals surface area (Å²) in [7, 11) is 3.50. The number of nitriles is 1.